The van der Waals surface area contributed by atoms with Gasteiger partial charge in [0, 0.05) is 36.0 Å². The van der Waals surface area contributed by atoms with Crippen molar-refractivity contribution in [1.29, 1.82) is 0 Å². The number of carbonyl (C=O) groups is 1. The fraction of sp³-hybridized carbons (Fsp3) is 0.322. The van der Waals surface area contributed by atoms with Gasteiger partial charge in [0.05, 0.1) is 70.1 Å². The van der Waals surface area contributed by atoms with Gasteiger partial charge in [0.2, 0.25) is 11.5 Å². The van der Waals surface area contributed by atoms with E-state index in [2.05, 4.69) is 84.9 Å². The van der Waals surface area contributed by atoms with Crippen LogP contribution < -0.4 is 87.0 Å². The summed E-state index contributed by atoms with van der Waals surface area (Å²) in [7, 11) is 21.3. The van der Waals surface area contributed by atoms with Gasteiger partial charge in [0.25, 0.3) is 0 Å². The molecule has 0 bridgehead atoms. The fourth-order valence-corrected chi connectivity index (χ4v) is 18.9. The molecule has 0 atom stereocenters. The van der Waals surface area contributed by atoms with E-state index in [4.69, 9.17) is 87.0 Å². The number of carbonyl (C=O) groups excluding carboxylic acids is 1. The van der Waals surface area contributed by atoms with Crippen molar-refractivity contribution >= 4 is 63.7 Å². The Labute approximate surface area is 630 Å². The molecule has 106 heavy (non-hydrogen) atoms. The molecule has 19 heteroatoms. The maximum atomic E-state index is 11.3. The third-order valence-corrected chi connectivity index (χ3v) is 25.5. The van der Waals surface area contributed by atoms with Crippen LogP contribution in [0.4, 0.5) is 0 Å². The van der Waals surface area contributed by atoms with Gasteiger partial charge in [-0.1, -0.05) is 30.7 Å². The molecule has 9 aromatic carbocycles. The molecule has 17 nitrogen and oxygen atoms in total. The van der Waals surface area contributed by atoms with Crippen molar-refractivity contribution < 1.29 is 80.6 Å². The van der Waals surface area contributed by atoms with Gasteiger partial charge in [-0.25, -0.2) is 0 Å². The van der Waals surface area contributed by atoms with Crippen molar-refractivity contribution in [2.45, 2.75) is 70.9 Å². The SMILES string of the molecule is COCCCCCCOc1c(OC)cc(/C=C/c2cc(OC)c(/C=C/c3cc(OC)c(C)c(OC)c3)cc2OC)cc1OC.COc1cc(CP(Cl)(c2ccccc2)(c2ccccc2)c2ccccc2)c(OC)cc1Cc1cc(OC)c(OCCCCCCOc2c(OC)cc(C=O)cc2OC)c(OC)c1. The van der Waals surface area contributed by atoms with Crippen LogP contribution in [-0.2, 0) is 17.3 Å². The summed E-state index contributed by atoms with van der Waals surface area (Å²) in [6.07, 6.45) is 17.3. The number of unbranched alkanes of at least 4 members (excludes halogenated alkanes) is 6. The van der Waals surface area contributed by atoms with E-state index in [1.54, 1.807) is 90.3 Å². The number of rotatable bonds is 41. The van der Waals surface area contributed by atoms with Gasteiger partial charge in [0.1, 0.15) is 29.3 Å². The third kappa shape index (κ3) is 20.2. The molecule has 0 N–H and O–H groups in total. The van der Waals surface area contributed by atoms with Crippen LogP contribution in [0.3, 0.4) is 0 Å². The second kappa shape index (κ2) is 40.9. The zero-order valence-electron chi connectivity index (χ0n) is 63.6. The molecule has 0 saturated heterocycles. The van der Waals surface area contributed by atoms with E-state index in [9.17, 15) is 4.79 Å². The number of methoxy groups -OCH3 is 13. The summed E-state index contributed by atoms with van der Waals surface area (Å²) >= 11 is 8.48. The molecule has 0 aliphatic heterocycles. The molecule has 0 saturated carbocycles. The Morgan fingerprint density at radius 1 is 0.321 bits per heavy atom. The van der Waals surface area contributed by atoms with Gasteiger partial charge in [-0.05, 0) is 112 Å². The van der Waals surface area contributed by atoms with Crippen LogP contribution in [0, 0.1) is 6.92 Å². The van der Waals surface area contributed by atoms with Crippen LogP contribution in [0.5, 0.6) is 86.2 Å². The molecule has 0 unspecified atom stereocenters. The van der Waals surface area contributed by atoms with Gasteiger partial charge < -0.3 is 52.1 Å². The summed E-state index contributed by atoms with van der Waals surface area (Å²) in [5, 5.41) is 3.20. The average molecular weight is 1490 g/mol. The number of hydrogen-bond acceptors (Lipinski definition) is 17. The zero-order valence-corrected chi connectivity index (χ0v) is 65.3. The van der Waals surface area contributed by atoms with E-state index in [1.165, 1.54) is 14.2 Å². The Morgan fingerprint density at radius 2 is 0.632 bits per heavy atom. The minimum atomic E-state index is -3.68. The summed E-state index contributed by atoms with van der Waals surface area (Å²) in [5.74, 6) is 5.60. The number of hydrogen-bond donors (Lipinski definition) is 0. The Balaban J connectivity index is 0.000000284. The van der Waals surface area contributed by atoms with Gasteiger partial charge >= 0.3 is 265 Å². The molecular formula is C87H102ClO17P. The predicted molar refractivity (Wildman–Crippen MR) is 428 cm³/mol. The van der Waals surface area contributed by atoms with Crippen molar-refractivity contribution in [2.24, 2.45) is 0 Å². The topological polar surface area (TPSA) is 165 Å². The first-order valence-corrected chi connectivity index (χ1v) is 38.6. The van der Waals surface area contributed by atoms with Crippen molar-refractivity contribution in [3.8, 4) is 86.2 Å². The standard InChI is InChI=1S/C51H56ClO9P.C36H46O8/c1-54-44-34-40(36-62(52,41-20-12-9-13-21-41,42-22-14-10-15-23-42)43-24-16-11-17-25-43)45(55-2)33-39(44)28-37-29-46(56-3)50(47(30-37)57-4)60-26-18-7-8-19-27-61-51-48(58-5)31-38(35-53)32-49(51)59-6;1-25-30(38-3)19-26(20-31(25)39-4)13-15-28-23-33(41-6)29(24-32(28)40-5)16-14-27-21-34(42-7)36(35(22-27)43-8)44-18-12-10-9-11-17-37-2/h9-17,20-25,29-35H,7-8,18-19,26-28,36H2,1-6H3;13-16,19-24H,9-12,17-18H2,1-8H3/b;15-13+,16-14+. The molecule has 9 aromatic rings. The first-order valence-electron chi connectivity index (χ1n) is 35.2. The average Bonchev–Trinajstić information content (AvgIpc) is 0.701. The number of aldehydes is 1. The molecule has 0 fully saturated rings. The Kier molecular flexibility index (Phi) is 31.4. The van der Waals surface area contributed by atoms with E-state index in [1.807, 2.05) is 98.0 Å². The first-order chi connectivity index (χ1) is 51.7. The minimum absolute atomic E-state index is 0.455. The van der Waals surface area contributed by atoms with Crippen LogP contribution in [-0.4, -0.2) is 125 Å². The number of halogens is 1. The van der Waals surface area contributed by atoms with E-state index in [0.717, 1.165) is 148 Å². The molecule has 0 aliphatic carbocycles. The van der Waals surface area contributed by atoms with Crippen LogP contribution >= 0.6 is 17.2 Å². The van der Waals surface area contributed by atoms with E-state index in [0.29, 0.717) is 101 Å². The molecule has 0 aromatic heterocycles. The predicted octanol–water partition coefficient (Wildman–Crippen LogP) is 18.3. The zero-order chi connectivity index (χ0) is 75.9. The maximum absolute atomic E-state index is 11.3. The van der Waals surface area contributed by atoms with Crippen LogP contribution in [0.2, 0.25) is 0 Å². The summed E-state index contributed by atoms with van der Waals surface area (Å²) in [5.41, 5.74) is 7.76. The summed E-state index contributed by atoms with van der Waals surface area (Å²) in [4.78, 5) is 11.3. The second-order valence-electron chi connectivity index (χ2n) is 24.9. The van der Waals surface area contributed by atoms with Crippen LogP contribution in [0.15, 0.2) is 164 Å². The number of benzene rings is 9. The molecule has 0 aliphatic rings. The monoisotopic (exact) mass is 1480 g/mol. The molecule has 0 heterocycles. The molecular weight excluding hydrogens is 1380 g/mol. The van der Waals surface area contributed by atoms with Crippen molar-refractivity contribution in [3.05, 3.63) is 214 Å². The summed E-state index contributed by atoms with van der Waals surface area (Å²) < 4.78 is 92.2. The van der Waals surface area contributed by atoms with Crippen molar-refractivity contribution in [1.82, 2.24) is 0 Å². The third-order valence-electron chi connectivity index (χ3n) is 18.3. The summed E-state index contributed by atoms with van der Waals surface area (Å²) in [6.45, 7) is 4.29. The van der Waals surface area contributed by atoms with Gasteiger partial charge in [-0.3, -0.25) is 4.79 Å². The molecule has 0 radical (unpaired) electrons. The second-order valence-corrected chi connectivity index (χ2v) is 31.3. The quantitative estimate of drug-likeness (QED) is 0.0154. The normalized spacial score (nSPS) is 11.5. The Morgan fingerprint density at radius 3 is 0.972 bits per heavy atom. The molecule has 9 rings (SSSR count). The van der Waals surface area contributed by atoms with Gasteiger partial charge in [-0.2, -0.15) is 0 Å². The van der Waals surface area contributed by atoms with Crippen molar-refractivity contribution in [3.63, 3.8) is 0 Å². The van der Waals surface area contributed by atoms with Crippen LogP contribution in [0.1, 0.15) is 106 Å². The van der Waals surface area contributed by atoms with Crippen LogP contribution in [0.25, 0.3) is 24.3 Å². The Bertz CT molecular complexity index is 4140. The van der Waals surface area contributed by atoms with E-state index < -0.39 is 5.96 Å². The first kappa shape index (κ1) is 81.5. The van der Waals surface area contributed by atoms with Gasteiger partial charge in [0.15, 0.2) is 23.0 Å². The molecule has 0 amide bonds. The van der Waals surface area contributed by atoms with E-state index in [-0.39, 0.29) is 0 Å². The summed E-state index contributed by atoms with van der Waals surface area (Å²) in [6, 6.07) is 54.3. The molecule has 564 valence electrons. The number of ether oxygens (including phenoxy) is 16. The fourth-order valence-electron chi connectivity index (χ4n) is 12.8. The molecule has 0 spiro atoms. The Hall–Kier alpha value is -10.2. The van der Waals surface area contributed by atoms with Gasteiger partial charge in [-0.15, -0.1) is 0 Å². The van der Waals surface area contributed by atoms with E-state index >= 15 is 0 Å². The van der Waals surface area contributed by atoms with Crippen molar-refractivity contribution in [2.75, 3.05) is 119 Å².